The van der Waals surface area contributed by atoms with Crippen molar-refractivity contribution in [1.82, 2.24) is 5.32 Å². The Balaban J connectivity index is 1.21. The number of hydrogen-bond acceptors (Lipinski definition) is 6. The Bertz CT molecular complexity index is 1400. The molecule has 1 aliphatic rings. The number of nitrogens with one attached hydrogen (secondary N) is 2. The van der Waals surface area contributed by atoms with E-state index < -0.39 is 0 Å². The molecule has 1 aliphatic heterocycles. The fraction of sp³-hybridized carbons (Fsp3) is 0.138. The van der Waals surface area contributed by atoms with Crippen LogP contribution in [0.25, 0.3) is 0 Å². The number of rotatable bonds is 8. The van der Waals surface area contributed by atoms with E-state index in [1.807, 2.05) is 36.4 Å². The summed E-state index contributed by atoms with van der Waals surface area (Å²) in [5.74, 6) is 1.35. The maximum atomic E-state index is 6.19. The summed E-state index contributed by atoms with van der Waals surface area (Å²) in [6.45, 7) is 1.55. The molecular formula is C29H28N4OS2. The van der Waals surface area contributed by atoms with Crippen molar-refractivity contribution in [2.75, 3.05) is 19.0 Å². The molecule has 4 N–H and O–H groups in total. The average molecular weight is 513 g/mol. The van der Waals surface area contributed by atoms with Gasteiger partial charge in [0.25, 0.3) is 0 Å². The molecule has 0 fully saturated rings. The summed E-state index contributed by atoms with van der Waals surface area (Å²) in [6, 6.07) is 28.4. The van der Waals surface area contributed by atoms with Crippen LogP contribution in [-0.2, 0) is 13.0 Å². The number of nitrogens with zero attached hydrogens (tertiary/aromatic N) is 1. The number of anilines is 2. The molecule has 4 aromatic carbocycles. The van der Waals surface area contributed by atoms with Crippen LogP contribution < -0.4 is 21.1 Å². The lowest BCUT2D eigenvalue weighted by molar-refractivity contribution is 0.408. The van der Waals surface area contributed by atoms with Gasteiger partial charge >= 0.3 is 0 Å². The van der Waals surface area contributed by atoms with Gasteiger partial charge in [0.05, 0.1) is 24.2 Å². The minimum absolute atomic E-state index is 0.463. The predicted octanol–water partition coefficient (Wildman–Crippen LogP) is 6.56. The Morgan fingerprint density at radius 1 is 0.972 bits per heavy atom. The number of nitrogens with two attached hydrogens (primary N) is 1. The van der Waals surface area contributed by atoms with E-state index in [4.69, 9.17) is 10.5 Å². The molecule has 0 atom stereocenters. The predicted molar refractivity (Wildman–Crippen MR) is 153 cm³/mol. The van der Waals surface area contributed by atoms with Crippen molar-refractivity contribution in [2.24, 2.45) is 10.7 Å². The molecule has 0 radical (unpaired) electrons. The van der Waals surface area contributed by atoms with Crippen molar-refractivity contribution < 1.29 is 4.74 Å². The van der Waals surface area contributed by atoms with Gasteiger partial charge in [-0.1, -0.05) is 54.2 Å². The van der Waals surface area contributed by atoms with Gasteiger partial charge in [0.1, 0.15) is 11.6 Å². The molecule has 0 saturated heterocycles. The number of thiol groups is 1. The zero-order chi connectivity index (χ0) is 24.9. The SMILES string of the molecule is COc1ccc2c(c1CNCCc1ccc(N=C(N)c3ccccc3S)cc1)Nc1ccccc1S2. The highest BCUT2D eigenvalue weighted by molar-refractivity contribution is 7.99. The van der Waals surface area contributed by atoms with Crippen molar-refractivity contribution >= 4 is 47.3 Å². The van der Waals surface area contributed by atoms with Crippen molar-refractivity contribution in [3.63, 3.8) is 0 Å². The smallest absolute Gasteiger partial charge is 0.132 e. The Kier molecular flexibility index (Phi) is 7.51. The Morgan fingerprint density at radius 2 is 1.75 bits per heavy atom. The van der Waals surface area contributed by atoms with E-state index in [9.17, 15) is 0 Å². The van der Waals surface area contributed by atoms with Crippen LogP contribution in [0.15, 0.2) is 105 Å². The molecule has 4 aromatic rings. The van der Waals surface area contributed by atoms with Gasteiger partial charge in [-0.05, 0) is 61.0 Å². The van der Waals surface area contributed by atoms with Crippen molar-refractivity contribution in [3.8, 4) is 5.75 Å². The second kappa shape index (κ2) is 11.1. The van der Waals surface area contributed by atoms with Gasteiger partial charge in [0, 0.05) is 32.4 Å². The first kappa shape index (κ1) is 24.3. The molecule has 5 nitrogen and oxygen atoms in total. The fourth-order valence-electron chi connectivity index (χ4n) is 4.18. The summed E-state index contributed by atoms with van der Waals surface area (Å²) in [4.78, 5) is 7.81. The Labute approximate surface area is 221 Å². The number of aliphatic imine (C=N–C) groups is 1. The van der Waals surface area contributed by atoms with E-state index in [1.54, 1.807) is 18.9 Å². The number of methoxy groups -OCH3 is 1. The van der Waals surface area contributed by atoms with Crippen LogP contribution in [0, 0.1) is 0 Å². The summed E-state index contributed by atoms with van der Waals surface area (Å²) < 4.78 is 5.68. The topological polar surface area (TPSA) is 71.7 Å². The maximum absolute atomic E-state index is 6.19. The first-order valence-electron chi connectivity index (χ1n) is 11.8. The second-order valence-corrected chi connectivity index (χ2v) is 10.0. The number of fused-ring (bicyclic) bond motifs is 2. The summed E-state index contributed by atoms with van der Waals surface area (Å²) in [5.41, 5.74) is 12.5. The zero-order valence-electron chi connectivity index (χ0n) is 20.0. The van der Waals surface area contributed by atoms with Crippen molar-refractivity contribution in [2.45, 2.75) is 27.7 Å². The summed E-state index contributed by atoms with van der Waals surface area (Å²) in [7, 11) is 1.72. The van der Waals surface area contributed by atoms with E-state index in [0.717, 1.165) is 51.8 Å². The Morgan fingerprint density at radius 3 is 2.56 bits per heavy atom. The monoisotopic (exact) mass is 512 g/mol. The van der Waals surface area contributed by atoms with Gasteiger partial charge in [-0.25, -0.2) is 4.99 Å². The van der Waals surface area contributed by atoms with Gasteiger partial charge in [-0.15, -0.1) is 12.6 Å². The van der Waals surface area contributed by atoms with E-state index in [0.29, 0.717) is 12.4 Å². The van der Waals surface area contributed by atoms with E-state index in [1.165, 1.54) is 15.4 Å². The Hall–Kier alpha value is -3.39. The van der Waals surface area contributed by atoms with Gasteiger partial charge in [0.2, 0.25) is 0 Å². The van der Waals surface area contributed by atoms with Crippen molar-refractivity contribution in [1.29, 1.82) is 0 Å². The van der Waals surface area contributed by atoms with Crippen LogP contribution >= 0.6 is 24.4 Å². The largest absolute Gasteiger partial charge is 0.496 e. The highest BCUT2D eigenvalue weighted by atomic mass is 32.2. The molecule has 182 valence electrons. The second-order valence-electron chi connectivity index (χ2n) is 8.45. The first-order valence-corrected chi connectivity index (χ1v) is 13.0. The molecule has 5 rings (SSSR count). The number of hydrogen-bond donors (Lipinski definition) is 4. The minimum atomic E-state index is 0.463. The standard InChI is InChI=1S/C29H28N4OS2/c1-34-24-14-15-27-28(33-23-7-3-5-9-26(23)36-27)22(24)18-31-17-16-19-10-12-20(13-11-19)32-29(30)21-6-2-4-8-25(21)35/h2-15,31,33,35H,16-18H2,1H3,(H2,30,32). The highest BCUT2D eigenvalue weighted by Gasteiger charge is 2.20. The van der Waals surface area contributed by atoms with Gasteiger partial charge < -0.3 is 21.1 Å². The summed E-state index contributed by atoms with van der Waals surface area (Å²) >= 11 is 6.25. The zero-order valence-corrected chi connectivity index (χ0v) is 21.7. The van der Waals surface area contributed by atoms with Crippen LogP contribution in [0.5, 0.6) is 5.75 Å². The number of para-hydroxylation sites is 1. The lowest BCUT2D eigenvalue weighted by Gasteiger charge is -2.25. The molecule has 0 aliphatic carbocycles. The van der Waals surface area contributed by atoms with Gasteiger partial charge in [-0.2, -0.15) is 0 Å². The summed E-state index contributed by atoms with van der Waals surface area (Å²) in [5, 5.41) is 7.20. The molecule has 36 heavy (non-hydrogen) atoms. The van der Waals surface area contributed by atoms with Crippen LogP contribution in [0.2, 0.25) is 0 Å². The first-order chi connectivity index (χ1) is 17.6. The lowest BCUT2D eigenvalue weighted by Crippen LogP contribution is -2.18. The lowest BCUT2D eigenvalue weighted by atomic mass is 10.1. The van der Waals surface area contributed by atoms with E-state index in [2.05, 4.69) is 76.8 Å². The van der Waals surface area contributed by atoms with Crippen LogP contribution in [0.4, 0.5) is 17.1 Å². The van der Waals surface area contributed by atoms with E-state index in [-0.39, 0.29) is 0 Å². The number of amidine groups is 1. The maximum Gasteiger partial charge on any atom is 0.132 e. The highest BCUT2D eigenvalue weighted by Crippen LogP contribution is 2.47. The summed E-state index contributed by atoms with van der Waals surface area (Å²) in [6.07, 6.45) is 0.904. The van der Waals surface area contributed by atoms with Gasteiger partial charge in [-0.3, -0.25) is 0 Å². The van der Waals surface area contributed by atoms with Gasteiger partial charge in [0.15, 0.2) is 0 Å². The van der Waals surface area contributed by atoms with E-state index >= 15 is 0 Å². The number of ether oxygens (including phenoxy) is 1. The third kappa shape index (κ3) is 5.38. The normalized spacial score (nSPS) is 12.4. The molecule has 0 spiro atoms. The van der Waals surface area contributed by atoms with Crippen LogP contribution in [0.1, 0.15) is 16.7 Å². The molecule has 0 amide bonds. The number of benzene rings is 4. The minimum Gasteiger partial charge on any atom is -0.496 e. The fourth-order valence-corrected chi connectivity index (χ4v) is 5.48. The third-order valence-electron chi connectivity index (χ3n) is 6.08. The quantitative estimate of drug-likeness (QED) is 0.0820. The molecule has 0 saturated carbocycles. The molecule has 0 bridgehead atoms. The van der Waals surface area contributed by atoms with Crippen LogP contribution in [0.3, 0.4) is 0 Å². The van der Waals surface area contributed by atoms with Crippen molar-refractivity contribution in [3.05, 3.63) is 102 Å². The molecule has 0 unspecified atom stereocenters. The third-order valence-corrected chi connectivity index (χ3v) is 7.60. The molecular weight excluding hydrogens is 484 g/mol. The average Bonchev–Trinajstić information content (AvgIpc) is 2.91. The molecule has 7 heteroatoms. The molecule has 0 aromatic heterocycles. The molecule has 1 heterocycles. The van der Waals surface area contributed by atoms with Crippen LogP contribution in [-0.4, -0.2) is 19.5 Å².